The lowest BCUT2D eigenvalue weighted by Crippen LogP contribution is -2.51. The van der Waals surface area contributed by atoms with E-state index in [0.29, 0.717) is 43.9 Å². The van der Waals surface area contributed by atoms with Crippen LogP contribution in [0, 0.1) is 0 Å². The number of hydrogen-bond donors (Lipinski definition) is 0. The second-order valence-corrected chi connectivity index (χ2v) is 7.39. The van der Waals surface area contributed by atoms with Crippen molar-refractivity contribution in [2.24, 2.45) is 0 Å². The van der Waals surface area contributed by atoms with Gasteiger partial charge in [-0.1, -0.05) is 11.3 Å². The number of carbonyl (C=O) groups is 1. The number of methoxy groups -OCH3 is 1. The average Bonchev–Trinajstić information content (AvgIpc) is 3.49. The second-order valence-electron chi connectivity index (χ2n) is 7.39. The molecule has 0 spiro atoms. The summed E-state index contributed by atoms with van der Waals surface area (Å²) >= 11 is 0. The summed E-state index contributed by atoms with van der Waals surface area (Å²) in [6, 6.07) is 7.58. The van der Waals surface area contributed by atoms with Crippen LogP contribution < -0.4 is 9.64 Å². The Morgan fingerprint density at radius 1 is 1.20 bits per heavy atom. The molecule has 2 fully saturated rings. The van der Waals surface area contributed by atoms with Crippen LogP contribution in [0.1, 0.15) is 12.8 Å². The molecule has 2 aliphatic rings. The molecule has 10 nitrogen and oxygen atoms in total. The number of hydrogen-bond acceptors (Lipinski definition) is 8. The van der Waals surface area contributed by atoms with Gasteiger partial charge < -0.3 is 19.3 Å². The van der Waals surface area contributed by atoms with Gasteiger partial charge in [-0.05, 0) is 25.0 Å². The summed E-state index contributed by atoms with van der Waals surface area (Å²) in [5.41, 5.74) is 2.08. The highest BCUT2D eigenvalue weighted by atomic mass is 16.5. The first-order valence-electron chi connectivity index (χ1n) is 10.1. The van der Waals surface area contributed by atoms with Gasteiger partial charge in [0.25, 0.3) is 5.91 Å². The van der Waals surface area contributed by atoms with Crippen molar-refractivity contribution in [2.75, 3.05) is 44.8 Å². The van der Waals surface area contributed by atoms with Crippen LogP contribution in [0.5, 0.6) is 5.75 Å². The van der Waals surface area contributed by atoms with E-state index in [9.17, 15) is 4.79 Å². The highest BCUT2D eigenvalue weighted by Gasteiger charge is 2.31. The zero-order valence-electron chi connectivity index (χ0n) is 16.8. The summed E-state index contributed by atoms with van der Waals surface area (Å²) in [5, 5.41) is 8.64. The number of rotatable bonds is 4. The normalized spacial score (nSPS) is 19.4. The van der Waals surface area contributed by atoms with E-state index in [1.165, 1.54) is 6.33 Å². The van der Waals surface area contributed by atoms with Gasteiger partial charge in [-0.2, -0.15) is 4.68 Å². The Morgan fingerprint density at radius 3 is 2.83 bits per heavy atom. The fourth-order valence-electron chi connectivity index (χ4n) is 4.00. The summed E-state index contributed by atoms with van der Waals surface area (Å²) in [4.78, 5) is 25.5. The minimum Gasteiger partial charge on any atom is -0.497 e. The number of benzene rings is 1. The molecule has 2 aromatic heterocycles. The van der Waals surface area contributed by atoms with Gasteiger partial charge in [0.05, 0.1) is 12.8 Å². The first-order valence-corrected chi connectivity index (χ1v) is 10.1. The maximum absolute atomic E-state index is 12.6. The van der Waals surface area contributed by atoms with Crippen molar-refractivity contribution >= 4 is 22.9 Å². The van der Waals surface area contributed by atoms with Crippen LogP contribution in [0.3, 0.4) is 0 Å². The summed E-state index contributed by atoms with van der Waals surface area (Å²) < 4.78 is 12.5. The molecule has 1 atom stereocenters. The summed E-state index contributed by atoms with van der Waals surface area (Å²) in [5.74, 6) is 1.57. The summed E-state index contributed by atoms with van der Waals surface area (Å²) in [7, 11) is 1.63. The highest BCUT2D eigenvalue weighted by molar-refractivity contribution is 5.84. The van der Waals surface area contributed by atoms with Gasteiger partial charge >= 0.3 is 0 Å². The fraction of sp³-hybridized carbons (Fsp3) is 0.450. The molecule has 0 saturated carbocycles. The van der Waals surface area contributed by atoms with E-state index in [-0.39, 0.29) is 12.0 Å². The molecule has 0 N–H and O–H groups in total. The van der Waals surface area contributed by atoms with Crippen molar-refractivity contribution in [3.8, 4) is 11.4 Å². The number of anilines is 1. The largest absolute Gasteiger partial charge is 0.497 e. The van der Waals surface area contributed by atoms with Crippen LogP contribution in [0.25, 0.3) is 16.9 Å². The van der Waals surface area contributed by atoms with Crippen LogP contribution >= 0.6 is 0 Å². The smallest absolute Gasteiger partial charge is 0.251 e. The Labute approximate surface area is 173 Å². The Kier molecular flexibility index (Phi) is 4.91. The van der Waals surface area contributed by atoms with E-state index in [4.69, 9.17) is 9.47 Å². The number of amides is 1. The molecule has 0 radical (unpaired) electrons. The van der Waals surface area contributed by atoms with Crippen molar-refractivity contribution in [2.45, 2.75) is 18.9 Å². The topological polar surface area (TPSA) is 98.5 Å². The van der Waals surface area contributed by atoms with Crippen molar-refractivity contribution in [1.29, 1.82) is 0 Å². The average molecular weight is 409 g/mol. The van der Waals surface area contributed by atoms with Crippen molar-refractivity contribution < 1.29 is 14.3 Å². The standard InChI is InChI=1S/C20H23N7O3/c1-29-15-5-2-4-14(12-15)27-19-17(23-24-27)18(21-13-22-19)25-7-9-26(10-8-25)20(28)16-6-3-11-30-16/h2,4-5,12-13,16H,3,6-11H2,1H3. The lowest BCUT2D eigenvalue weighted by atomic mass is 10.2. The fourth-order valence-corrected chi connectivity index (χ4v) is 4.00. The minimum absolute atomic E-state index is 0.101. The maximum Gasteiger partial charge on any atom is 0.251 e. The van der Waals surface area contributed by atoms with Gasteiger partial charge in [0.2, 0.25) is 0 Å². The molecule has 30 heavy (non-hydrogen) atoms. The number of nitrogens with zero attached hydrogens (tertiary/aromatic N) is 7. The third-order valence-electron chi connectivity index (χ3n) is 5.61. The minimum atomic E-state index is -0.273. The first-order chi connectivity index (χ1) is 14.7. The van der Waals surface area contributed by atoms with E-state index in [2.05, 4.69) is 25.2 Å². The molecule has 1 aromatic carbocycles. The molecule has 1 unspecified atom stereocenters. The zero-order chi connectivity index (χ0) is 20.5. The molecular formula is C20H23N7O3. The number of ether oxygens (including phenoxy) is 2. The third kappa shape index (κ3) is 3.32. The van der Waals surface area contributed by atoms with Gasteiger partial charge in [-0.15, -0.1) is 5.10 Å². The molecule has 3 aromatic rings. The molecular weight excluding hydrogens is 386 g/mol. The predicted octanol–water partition coefficient (Wildman–Crippen LogP) is 1.05. The molecule has 1 amide bonds. The number of carbonyl (C=O) groups excluding carboxylic acids is 1. The first kappa shape index (κ1) is 18.7. The van der Waals surface area contributed by atoms with Gasteiger partial charge in [0, 0.05) is 38.9 Å². The molecule has 2 saturated heterocycles. The van der Waals surface area contributed by atoms with Gasteiger partial charge in [-0.3, -0.25) is 4.79 Å². The van der Waals surface area contributed by atoms with E-state index in [1.54, 1.807) is 11.8 Å². The molecule has 0 bridgehead atoms. The lowest BCUT2D eigenvalue weighted by molar-refractivity contribution is -0.141. The Balaban J connectivity index is 1.37. The number of piperazine rings is 1. The lowest BCUT2D eigenvalue weighted by Gasteiger charge is -2.36. The van der Waals surface area contributed by atoms with Crippen LogP contribution in [0.2, 0.25) is 0 Å². The molecule has 0 aliphatic carbocycles. The highest BCUT2D eigenvalue weighted by Crippen LogP contribution is 2.25. The van der Waals surface area contributed by atoms with Crippen LogP contribution in [0.15, 0.2) is 30.6 Å². The van der Waals surface area contributed by atoms with Crippen LogP contribution in [-0.4, -0.2) is 81.8 Å². The number of fused-ring (bicyclic) bond motifs is 1. The quantitative estimate of drug-likeness (QED) is 0.631. The predicted molar refractivity (Wildman–Crippen MR) is 109 cm³/mol. The van der Waals surface area contributed by atoms with Crippen LogP contribution in [0.4, 0.5) is 5.82 Å². The molecule has 4 heterocycles. The monoisotopic (exact) mass is 409 g/mol. The Morgan fingerprint density at radius 2 is 2.07 bits per heavy atom. The van der Waals surface area contributed by atoms with Gasteiger partial charge in [-0.25, -0.2) is 9.97 Å². The van der Waals surface area contributed by atoms with E-state index in [0.717, 1.165) is 30.1 Å². The summed E-state index contributed by atoms with van der Waals surface area (Å²) in [6.45, 7) is 3.30. The summed E-state index contributed by atoms with van der Waals surface area (Å²) in [6.07, 6.45) is 3.03. The van der Waals surface area contributed by atoms with Crippen LogP contribution in [-0.2, 0) is 9.53 Å². The van der Waals surface area contributed by atoms with Crippen molar-refractivity contribution in [3.05, 3.63) is 30.6 Å². The molecule has 2 aliphatic heterocycles. The number of aromatic nitrogens is 5. The SMILES string of the molecule is COc1cccc(-n2nnc3c(N4CCN(C(=O)C5CCCO5)CC4)ncnc32)c1. The van der Waals surface area contributed by atoms with Gasteiger partial charge in [0.15, 0.2) is 17.0 Å². The molecule has 5 rings (SSSR count). The zero-order valence-corrected chi connectivity index (χ0v) is 16.8. The maximum atomic E-state index is 12.6. The molecule has 10 heteroatoms. The second kappa shape index (κ2) is 7.86. The Bertz CT molecular complexity index is 1060. The van der Waals surface area contributed by atoms with E-state index >= 15 is 0 Å². The molecule has 156 valence electrons. The van der Waals surface area contributed by atoms with E-state index in [1.807, 2.05) is 29.2 Å². The Hall–Kier alpha value is -3.27. The van der Waals surface area contributed by atoms with Gasteiger partial charge in [0.1, 0.15) is 18.2 Å². The van der Waals surface area contributed by atoms with Crippen molar-refractivity contribution in [1.82, 2.24) is 29.9 Å². The van der Waals surface area contributed by atoms with Crippen molar-refractivity contribution in [3.63, 3.8) is 0 Å². The van der Waals surface area contributed by atoms with E-state index < -0.39 is 0 Å². The third-order valence-corrected chi connectivity index (χ3v) is 5.61.